The van der Waals surface area contributed by atoms with E-state index in [0.29, 0.717) is 0 Å². The van der Waals surface area contributed by atoms with E-state index >= 15 is 0 Å². The van der Waals surface area contributed by atoms with Gasteiger partial charge in [-0.1, -0.05) is 45.1 Å². The Hall–Kier alpha value is -0.590. The van der Waals surface area contributed by atoms with Crippen molar-refractivity contribution in [2.45, 2.75) is 65.7 Å². The lowest BCUT2D eigenvalue weighted by Crippen LogP contribution is -1.92. The molecule has 0 atom stereocenters. The first-order valence-electron chi connectivity index (χ1n) is 6.37. The summed E-state index contributed by atoms with van der Waals surface area (Å²) in [6, 6.07) is 0. The van der Waals surface area contributed by atoms with Crippen LogP contribution >= 0.6 is 0 Å². The van der Waals surface area contributed by atoms with E-state index in [2.05, 4.69) is 25.8 Å². The summed E-state index contributed by atoms with van der Waals surface area (Å²) < 4.78 is 0. The Morgan fingerprint density at radius 3 is 2.27 bits per heavy atom. The van der Waals surface area contributed by atoms with Crippen molar-refractivity contribution in [3.8, 4) is 0 Å². The summed E-state index contributed by atoms with van der Waals surface area (Å²) in [7, 11) is 1.86. The van der Waals surface area contributed by atoms with E-state index in [0.717, 1.165) is 0 Å². The first kappa shape index (κ1) is 14.4. The van der Waals surface area contributed by atoms with E-state index in [-0.39, 0.29) is 0 Å². The maximum Gasteiger partial charge on any atom is 0.0277 e. The molecule has 0 aromatic carbocycles. The molecule has 1 nitrogen and oxygen atoms in total. The van der Waals surface area contributed by atoms with Gasteiger partial charge in [0.2, 0.25) is 0 Å². The molecular formula is C14H27N. The first-order valence-corrected chi connectivity index (χ1v) is 6.37. The van der Waals surface area contributed by atoms with Crippen LogP contribution in [-0.2, 0) is 0 Å². The monoisotopic (exact) mass is 209 g/mol. The molecule has 0 saturated heterocycles. The van der Waals surface area contributed by atoms with Crippen molar-refractivity contribution in [2.75, 3.05) is 7.05 Å². The van der Waals surface area contributed by atoms with Crippen LogP contribution in [0.15, 0.2) is 16.1 Å². The molecule has 0 amide bonds. The molecule has 0 heterocycles. The van der Waals surface area contributed by atoms with Gasteiger partial charge in [0, 0.05) is 13.3 Å². The molecule has 0 fully saturated rings. The van der Waals surface area contributed by atoms with E-state index in [9.17, 15) is 0 Å². The van der Waals surface area contributed by atoms with Gasteiger partial charge in [-0.05, 0) is 31.8 Å². The zero-order chi connectivity index (χ0) is 11.5. The third-order valence-electron chi connectivity index (χ3n) is 2.76. The quantitative estimate of drug-likeness (QED) is 0.403. The van der Waals surface area contributed by atoms with Gasteiger partial charge in [-0.15, -0.1) is 0 Å². The summed E-state index contributed by atoms with van der Waals surface area (Å²) in [5.74, 6) is 0. The molecule has 0 aliphatic heterocycles. The van der Waals surface area contributed by atoms with E-state index in [1.165, 1.54) is 50.5 Å². The molecule has 0 saturated carbocycles. The lowest BCUT2D eigenvalue weighted by Gasteiger charge is -2.07. The number of hydrogen-bond acceptors (Lipinski definition) is 1. The molecule has 0 aromatic heterocycles. The van der Waals surface area contributed by atoms with Crippen molar-refractivity contribution in [2.24, 2.45) is 4.99 Å². The Morgan fingerprint density at radius 1 is 1.00 bits per heavy atom. The summed E-state index contributed by atoms with van der Waals surface area (Å²) in [6.07, 6.45) is 11.1. The Labute approximate surface area is 95.7 Å². The SMILES string of the molecule is CCCCCC/C(C)=C(/C=NC)CCC. The summed E-state index contributed by atoms with van der Waals surface area (Å²) >= 11 is 0. The van der Waals surface area contributed by atoms with Crippen LogP contribution in [0.2, 0.25) is 0 Å². The van der Waals surface area contributed by atoms with E-state index in [1.54, 1.807) is 5.57 Å². The lowest BCUT2D eigenvalue weighted by molar-refractivity contribution is 0.662. The van der Waals surface area contributed by atoms with E-state index in [1.807, 2.05) is 13.3 Å². The molecule has 0 rings (SSSR count). The van der Waals surface area contributed by atoms with Crippen LogP contribution in [-0.4, -0.2) is 13.3 Å². The lowest BCUT2D eigenvalue weighted by atomic mass is 10.0. The normalized spacial score (nSPS) is 13.3. The highest BCUT2D eigenvalue weighted by atomic mass is 14.6. The molecule has 0 unspecified atom stereocenters. The van der Waals surface area contributed by atoms with Crippen molar-refractivity contribution >= 4 is 6.21 Å². The van der Waals surface area contributed by atoms with Gasteiger partial charge in [0.1, 0.15) is 0 Å². The van der Waals surface area contributed by atoms with Crippen molar-refractivity contribution < 1.29 is 0 Å². The van der Waals surface area contributed by atoms with Gasteiger partial charge >= 0.3 is 0 Å². The standard InChI is InChI=1S/C14H27N/c1-5-7-8-9-11-13(3)14(10-6-2)12-15-4/h12H,5-11H2,1-4H3/b14-13+,15-12?. The Balaban J connectivity index is 4.05. The second kappa shape index (κ2) is 9.95. The largest absolute Gasteiger partial charge is 0.296 e. The molecule has 0 aliphatic rings. The number of rotatable bonds is 8. The van der Waals surface area contributed by atoms with E-state index in [4.69, 9.17) is 0 Å². The summed E-state index contributed by atoms with van der Waals surface area (Å²) in [4.78, 5) is 4.14. The van der Waals surface area contributed by atoms with Gasteiger partial charge in [-0.3, -0.25) is 4.99 Å². The summed E-state index contributed by atoms with van der Waals surface area (Å²) in [6.45, 7) is 6.75. The number of allylic oxidation sites excluding steroid dienone is 2. The smallest absolute Gasteiger partial charge is 0.0277 e. The average molecular weight is 209 g/mol. The Kier molecular flexibility index (Phi) is 9.55. The van der Waals surface area contributed by atoms with Crippen LogP contribution in [0.3, 0.4) is 0 Å². The Morgan fingerprint density at radius 2 is 1.73 bits per heavy atom. The topological polar surface area (TPSA) is 12.4 Å². The fourth-order valence-corrected chi connectivity index (χ4v) is 1.79. The van der Waals surface area contributed by atoms with Gasteiger partial charge in [0.15, 0.2) is 0 Å². The highest BCUT2D eigenvalue weighted by Crippen LogP contribution is 2.16. The van der Waals surface area contributed by atoms with Crippen molar-refractivity contribution in [3.05, 3.63) is 11.1 Å². The molecular weight excluding hydrogens is 182 g/mol. The Bertz CT molecular complexity index is 201. The first-order chi connectivity index (χ1) is 7.26. The predicted octanol–water partition coefficient (Wildman–Crippen LogP) is 4.77. The second-order valence-electron chi connectivity index (χ2n) is 4.25. The number of nitrogens with zero attached hydrogens (tertiary/aromatic N) is 1. The molecule has 15 heavy (non-hydrogen) atoms. The zero-order valence-electron chi connectivity index (χ0n) is 11.0. The van der Waals surface area contributed by atoms with Crippen molar-refractivity contribution in [1.29, 1.82) is 0 Å². The minimum Gasteiger partial charge on any atom is -0.296 e. The second-order valence-corrected chi connectivity index (χ2v) is 4.25. The molecule has 0 N–H and O–H groups in total. The fraction of sp³-hybridized carbons (Fsp3) is 0.786. The maximum absolute atomic E-state index is 4.14. The molecule has 88 valence electrons. The maximum atomic E-state index is 4.14. The van der Waals surface area contributed by atoms with Gasteiger partial charge in [-0.25, -0.2) is 0 Å². The average Bonchev–Trinajstić information content (AvgIpc) is 2.24. The van der Waals surface area contributed by atoms with Gasteiger partial charge in [-0.2, -0.15) is 0 Å². The number of unbranched alkanes of at least 4 members (excludes halogenated alkanes) is 3. The van der Waals surface area contributed by atoms with Crippen LogP contribution < -0.4 is 0 Å². The van der Waals surface area contributed by atoms with Crippen molar-refractivity contribution in [3.63, 3.8) is 0 Å². The van der Waals surface area contributed by atoms with Gasteiger partial charge in [0.25, 0.3) is 0 Å². The summed E-state index contributed by atoms with van der Waals surface area (Å²) in [5.41, 5.74) is 3.00. The fourth-order valence-electron chi connectivity index (χ4n) is 1.79. The number of aliphatic imine (C=N–C) groups is 1. The predicted molar refractivity (Wildman–Crippen MR) is 70.8 cm³/mol. The minimum absolute atomic E-state index is 1.18. The third kappa shape index (κ3) is 7.35. The highest BCUT2D eigenvalue weighted by Gasteiger charge is 1.99. The van der Waals surface area contributed by atoms with Crippen LogP contribution in [0.5, 0.6) is 0 Å². The third-order valence-corrected chi connectivity index (χ3v) is 2.76. The molecule has 0 bridgehead atoms. The van der Waals surface area contributed by atoms with Gasteiger partial charge in [0.05, 0.1) is 0 Å². The van der Waals surface area contributed by atoms with E-state index < -0.39 is 0 Å². The number of hydrogen-bond donors (Lipinski definition) is 0. The molecule has 0 radical (unpaired) electrons. The van der Waals surface area contributed by atoms with Crippen LogP contribution in [0.1, 0.15) is 65.7 Å². The van der Waals surface area contributed by atoms with Gasteiger partial charge < -0.3 is 0 Å². The minimum atomic E-state index is 1.18. The zero-order valence-corrected chi connectivity index (χ0v) is 11.0. The molecule has 1 heteroatoms. The summed E-state index contributed by atoms with van der Waals surface area (Å²) in [5, 5.41) is 0. The van der Waals surface area contributed by atoms with Crippen LogP contribution in [0.25, 0.3) is 0 Å². The van der Waals surface area contributed by atoms with Crippen molar-refractivity contribution in [1.82, 2.24) is 0 Å². The van der Waals surface area contributed by atoms with Crippen LogP contribution in [0, 0.1) is 0 Å². The molecule has 0 aromatic rings. The highest BCUT2D eigenvalue weighted by molar-refractivity contribution is 5.79. The molecule has 0 spiro atoms. The molecule has 0 aliphatic carbocycles. The van der Waals surface area contributed by atoms with Crippen LogP contribution in [0.4, 0.5) is 0 Å².